The van der Waals surface area contributed by atoms with Crippen LogP contribution in [0.15, 0.2) is 17.4 Å². The first kappa shape index (κ1) is 10.8. The number of thioether (sulfide) groups is 2. The Morgan fingerprint density at radius 2 is 2.08 bits per heavy atom. The molecule has 0 bridgehead atoms. The molecule has 13 heavy (non-hydrogen) atoms. The molecule has 0 fully saturated rings. The third kappa shape index (κ3) is 3.54. The summed E-state index contributed by atoms with van der Waals surface area (Å²) in [6.07, 6.45) is 5.34. The van der Waals surface area contributed by atoms with Crippen LogP contribution in [0.2, 0.25) is 5.15 Å². The predicted molar refractivity (Wildman–Crippen MR) is 61.2 cm³/mol. The van der Waals surface area contributed by atoms with Crippen LogP contribution in [0.4, 0.5) is 5.82 Å². The highest BCUT2D eigenvalue weighted by molar-refractivity contribution is 8.38. The van der Waals surface area contributed by atoms with E-state index in [2.05, 4.69) is 15.0 Å². The Bertz CT molecular complexity index is 310. The van der Waals surface area contributed by atoms with Gasteiger partial charge in [-0.15, -0.1) is 23.5 Å². The molecular weight excluding hydrogens is 226 g/mol. The van der Waals surface area contributed by atoms with Crippen LogP contribution in [0.25, 0.3) is 0 Å². The summed E-state index contributed by atoms with van der Waals surface area (Å²) in [5.74, 6) is 0.596. The van der Waals surface area contributed by atoms with Gasteiger partial charge in [-0.2, -0.15) is 0 Å². The van der Waals surface area contributed by atoms with Gasteiger partial charge in [0.2, 0.25) is 0 Å². The Kier molecular flexibility index (Phi) is 4.55. The summed E-state index contributed by atoms with van der Waals surface area (Å²) in [6, 6.07) is 1.63. The first-order valence-corrected chi connectivity index (χ1v) is 6.23. The van der Waals surface area contributed by atoms with E-state index in [9.17, 15) is 0 Å². The summed E-state index contributed by atoms with van der Waals surface area (Å²) < 4.78 is 0.953. The number of hydrogen-bond acceptors (Lipinski definition) is 5. The highest BCUT2D eigenvalue weighted by Crippen LogP contribution is 2.18. The van der Waals surface area contributed by atoms with E-state index in [0.717, 1.165) is 4.38 Å². The highest BCUT2D eigenvalue weighted by Gasteiger charge is 1.97. The van der Waals surface area contributed by atoms with Crippen LogP contribution in [0.1, 0.15) is 0 Å². The molecule has 0 radical (unpaired) electrons. The molecule has 0 atom stereocenters. The Hall–Kier alpha value is -0.260. The molecule has 3 nitrogen and oxygen atoms in total. The molecule has 1 rings (SSSR count). The lowest BCUT2D eigenvalue weighted by atomic mass is 10.6. The summed E-state index contributed by atoms with van der Waals surface area (Å²) in [5.41, 5.74) is 0. The van der Waals surface area contributed by atoms with Crippen LogP contribution in [0, 0.1) is 0 Å². The van der Waals surface area contributed by atoms with Gasteiger partial charge in [0.15, 0.2) is 5.82 Å². The molecule has 0 spiro atoms. The fourth-order valence-corrected chi connectivity index (χ4v) is 1.83. The van der Waals surface area contributed by atoms with Gasteiger partial charge in [0.05, 0.1) is 0 Å². The van der Waals surface area contributed by atoms with E-state index in [1.165, 1.54) is 6.33 Å². The zero-order valence-electron chi connectivity index (χ0n) is 7.19. The summed E-state index contributed by atoms with van der Waals surface area (Å²) in [5, 5.41) is 0.412. The van der Waals surface area contributed by atoms with E-state index < -0.39 is 0 Å². The Balaban J connectivity index is 2.89. The molecule has 0 N–H and O–H groups in total. The number of rotatable bonds is 1. The maximum absolute atomic E-state index is 5.68. The van der Waals surface area contributed by atoms with Crippen molar-refractivity contribution in [1.29, 1.82) is 0 Å². The lowest BCUT2D eigenvalue weighted by molar-refractivity contribution is 1.15. The zero-order valence-corrected chi connectivity index (χ0v) is 9.58. The minimum Gasteiger partial charge on any atom is -0.224 e. The molecule has 1 aromatic heterocycles. The van der Waals surface area contributed by atoms with Crippen molar-refractivity contribution in [3.63, 3.8) is 0 Å². The van der Waals surface area contributed by atoms with Crippen LogP contribution in [-0.4, -0.2) is 26.9 Å². The maximum atomic E-state index is 5.68. The quantitative estimate of drug-likeness (QED) is 0.425. The van der Waals surface area contributed by atoms with Crippen LogP contribution < -0.4 is 0 Å². The molecule has 0 unspecified atom stereocenters. The molecule has 70 valence electrons. The van der Waals surface area contributed by atoms with Crippen molar-refractivity contribution in [2.75, 3.05) is 12.5 Å². The van der Waals surface area contributed by atoms with Crippen molar-refractivity contribution in [2.45, 2.75) is 0 Å². The second kappa shape index (κ2) is 5.47. The van der Waals surface area contributed by atoms with Gasteiger partial charge in [-0.1, -0.05) is 11.6 Å². The topological polar surface area (TPSA) is 38.1 Å². The van der Waals surface area contributed by atoms with Gasteiger partial charge < -0.3 is 0 Å². The molecule has 1 heterocycles. The smallest absolute Gasteiger partial charge is 0.158 e. The number of aromatic nitrogens is 2. The molecule has 0 amide bonds. The minimum atomic E-state index is 0.412. The largest absolute Gasteiger partial charge is 0.224 e. The Morgan fingerprint density at radius 3 is 2.62 bits per heavy atom. The van der Waals surface area contributed by atoms with Gasteiger partial charge in [0.1, 0.15) is 15.9 Å². The predicted octanol–water partition coefficient (Wildman–Crippen LogP) is 2.84. The first-order chi connectivity index (χ1) is 6.26. The first-order valence-electron chi connectivity index (χ1n) is 3.40. The molecule has 0 aromatic carbocycles. The minimum absolute atomic E-state index is 0.412. The van der Waals surface area contributed by atoms with Gasteiger partial charge in [-0.3, -0.25) is 0 Å². The Morgan fingerprint density at radius 1 is 1.38 bits per heavy atom. The van der Waals surface area contributed by atoms with E-state index in [0.29, 0.717) is 11.0 Å². The Labute approximate surface area is 90.4 Å². The van der Waals surface area contributed by atoms with Crippen molar-refractivity contribution < 1.29 is 0 Å². The molecule has 0 aliphatic rings. The third-order valence-electron chi connectivity index (χ3n) is 1.17. The molecule has 6 heteroatoms. The zero-order chi connectivity index (χ0) is 9.68. The third-order valence-corrected chi connectivity index (χ3v) is 3.26. The molecule has 0 saturated carbocycles. The monoisotopic (exact) mass is 233 g/mol. The van der Waals surface area contributed by atoms with Gasteiger partial charge in [0.25, 0.3) is 0 Å². The molecule has 1 aromatic rings. The standard InChI is InChI=1S/C7H8ClN3S2/c1-12-7(13-2)11-6-3-5(8)9-4-10-6/h3-4H,1-2H3. The lowest BCUT2D eigenvalue weighted by Crippen LogP contribution is -1.84. The summed E-state index contributed by atoms with van der Waals surface area (Å²) in [7, 11) is 0. The summed E-state index contributed by atoms with van der Waals surface area (Å²) in [6.45, 7) is 0. The van der Waals surface area contributed by atoms with Crippen LogP contribution in [0.3, 0.4) is 0 Å². The van der Waals surface area contributed by atoms with Crippen LogP contribution >= 0.6 is 35.1 Å². The highest BCUT2D eigenvalue weighted by atomic mass is 35.5. The maximum Gasteiger partial charge on any atom is 0.158 e. The van der Waals surface area contributed by atoms with Crippen molar-refractivity contribution in [2.24, 2.45) is 4.99 Å². The number of aliphatic imine (C=N–C) groups is 1. The lowest BCUT2D eigenvalue weighted by Gasteiger charge is -1.97. The SMILES string of the molecule is CSC(=Nc1cc(Cl)ncn1)SC. The van der Waals surface area contributed by atoms with Crippen molar-refractivity contribution in [3.05, 3.63) is 17.5 Å². The second-order valence-electron chi connectivity index (χ2n) is 1.98. The van der Waals surface area contributed by atoms with E-state index >= 15 is 0 Å². The number of halogens is 1. The van der Waals surface area contributed by atoms with E-state index in [4.69, 9.17) is 11.6 Å². The number of nitrogens with zero attached hydrogens (tertiary/aromatic N) is 3. The molecular formula is C7H8ClN3S2. The second-order valence-corrected chi connectivity index (χ2v) is 4.22. The van der Waals surface area contributed by atoms with E-state index in [1.807, 2.05) is 12.5 Å². The van der Waals surface area contributed by atoms with Gasteiger partial charge in [0, 0.05) is 6.07 Å². The fourth-order valence-electron chi connectivity index (χ4n) is 0.654. The normalized spacial score (nSPS) is 9.77. The van der Waals surface area contributed by atoms with E-state index in [1.54, 1.807) is 29.6 Å². The summed E-state index contributed by atoms with van der Waals surface area (Å²) >= 11 is 8.84. The van der Waals surface area contributed by atoms with Gasteiger partial charge >= 0.3 is 0 Å². The van der Waals surface area contributed by atoms with Gasteiger partial charge in [-0.05, 0) is 12.5 Å². The average molecular weight is 234 g/mol. The van der Waals surface area contributed by atoms with Crippen molar-refractivity contribution in [3.8, 4) is 0 Å². The van der Waals surface area contributed by atoms with Gasteiger partial charge in [-0.25, -0.2) is 15.0 Å². The number of hydrogen-bond donors (Lipinski definition) is 0. The molecule has 0 aliphatic heterocycles. The summed E-state index contributed by atoms with van der Waals surface area (Å²) in [4.78, 5) is 12.0. The van der Waals surface area contributed by atoms with E-state index in [-0.39, 0.29) is 0 Å². The molecule has 0 saturated heterocycles. The van der Waals surface area contributed by atoms with Crippen LogP contribution in [0.5, 0.6) is 0 Å². The van der Waals surface area contributed by atoms with Crippen molar-refractivity contribution in [1.82, 2.24) is 9.97 Å². The van der Waals surface area contributed by atoms with Crippen LogP contribution in [-0.2, 0) is 0 Å². The van der Waals surface area contributed by atoms with Crippen molar-refractivity contribution >= 4 is 45.3 Å². The fraction of sp³-hybridized carbons (Fsp3) is 0.286. The molecule has 0 aliphatic carbocycles. The average Bonchev–Trinajstić information content (AvgIpc) is 2.14.